The largest absolute Gasteiger partial charge is 0.462 e. The van der Waals surface area contributed by atoms with Crippen molar-refractivity contribution in [1.29, 1.82) is 0 Å². The van der Waals surface area contributed by atoms with Gasteiger partial charge in [0.05, 0.1) is 4.90 Å². The molecule has 0 spiro atoms. The summed E-state index contributed by atoms with van der Waals surface area (Å²) in [6.07, 6.45) is 18.0. The van der Waals surface area contributed by atoms with E-state index in [-0.39, 0.29) is 4.90 Å². The third-order valence-electron chi connectivity index (χ3n) is 4.83. The molecule has 4 nitrogen and oxygen atoms in total. The van der Waals surface area contributed by atoms with Crippen LogP contribution in [0.5, 0.6) is 5.75 Å². The summed E-state index contributed by atoms with van der Waals surface area (Å²) >= 11 is 0. The van der Waals surface area contributed by atoms with Crippen LogP contribution < -0.4 is 4.74 Å². The lowest BCUT2D eigenvalue weighted by Crippen LogP contribution is -1.99. The molecule has 0 aromatic heterocycles. The Morgan fingerprint density at radius 2 is 1.39 bits per heavy atom. The minimum absolute atomic E-state index is 0.115. The van der Waals surface area contributed by atoms with Crippen LogP contribution in [0.3, 0.4) is 0 Å². The van der Waals surface area contributed by atoms with Crippen LogP contribution >= 0.6 is 0 Å². The Balaban J connectivity index is 2.43. The maximum atomic E-state index is 11.1. The molecule has 0 heterocycles. The molecule has 0 amide bonds. The topological polar surface area (TPSA) is 63.6 Å². The van der Waals surface area contributed by atoms with Gasteiger partial charge in [-0.1, -0.05) is 71.6 Å². The maximum Gasteiger partial charge on any atom is 0.294 e. The van der Waals surface area contributed by atoms with Gasteiger partial charge in [-0.2, -0.15) is 8.42 Å². The van der Waals surface area contributed by atoms with E-state index in [1.807, 2.05) is 0 Å². The Labute approximate surface area is 172 Å². The maximum absolute atomic E-state index is 11.1. The average Bonchev–Trinajstić information content (AvgIpc) is 2.66. The van der Waals surface area contributed by atoms with Gasteiger partial charge in [-0.25, -0.2) is 0 Å². The molecule has 5 heteroatoms. The zero-order chi connectivity index (χ0) is 20.7. The molecule has 0 unspecified atom stereocenters. The SMILES string of the molecule is CCCCC=C(CCCCCCCCCCC)Oc1ccc(S(=O)(=O)O)cc1. The van der Waals surface area contributed by atoms with E-state index in [0.29, 0.717) is 5.75 Å². The van der Waals surface area contributed by atoms with Gasteiger partial charge < -0.3 is 4.74 Å². The number of rotatable bonds is 16. The minimum Gasteiger partial charge on any atom is -0.462 e. The van der Waals surface area contributed by atoms with Crippen molar-refractivity contribution in [3.8, 4) is 5.75 Å². The zero-order valence-corrected chi connectivity index (χ0v) is 18.5. The van der Waals surface area contributed by atoms with Crippen LogP contribution in [0.15, 0.2) is 41.0 Å². The quantitative estimate of drug-likeness (QED) is 0.176. The van der Waals surface area contributed by atoms with Crippen LogP contribution in [0.2, 0.25) is 0 Å². The molecule has 28 heavy (non-hydrogen) atoms. The fourth-order valence-electron chi connectivity index (χ4n) is 3.10. The third kappa shape index (κ3) is 11.5. The molecule has 0 aliphatic heterocycles. The Hall–Kier alpha value is -1.33. The van der Waals surface area contributed by atoms with E-state index in [0.717, 1.165) is 37.9 Å². The van der Waals surface area contributed by atoms with E-state index in [9.17, 15) is 8.42 Å². The summed E-state index contributed by atoms with van der Waals surface area (Å²) in [6, 6.07) is 5.92. The third-order valence-corrected chi connectivity index (χ3v) is 5.69. The molecular formula is C23H38O4S. The second-order valence-corrected chi connectivity index (χ2v) is 8.86. The van der Waals surface area contributed by atoms with Gasteiger partial charge in [0.2, 0.25) is 0 Å². The molecule has 0 saturated heterocycles. The molecule has 0 aliphatic carbocycles. The fraction of sp³-hybridized carbons (Fsp3) is 0.652. The van der Waals surface area contributed by atoms with Gasteiger partial charge in [0.1, 0.15) is 11.5 Å². The van der Waals surface area contributed by atoms with E-state index < -0.39 is 10.1 Å². The number of allylic oxidation sites excluding steroid dienone is 2. The molecule has 1 aromatic carbocycles. The predicted octanol–water partition coefficient (Wildman–Crippen LogP) is 7.31. The van der Waals surface area contributed by atoms with Crippen molar-refractivity contribution in [2.75, 3.05) is 0 Å². The summed E-state index contributed by atoms with van der Waals surface area (Å²) in [5, 5.41) is 0. The number of hydrogen-bond acceptors (Lipinski definition) is 3. The van der Waals surface area contributed by atoms with Crippen molar-refractivity contribution in [2.45, 2.75) is 102 Å². The van der Waals surface area contributed by atoms with Crippen molar-refractivity contribution in [2.24, 2.45) is 0 Å². The molecule has 1 N–H and O–H groups in total. The molecule has 1 aromatic rings. The molecule has 0 bridgehead atoms. The van der Waals surface area contributed by atoms with Gasteiger partial charge in [0.15, 0.2) is 0 Å². The highest BCUT2D eigenvalue weighted by atomic mass is 32.2. The highest BCUT2D eigenvalue weighted by molar-refractivity contribution is 7.85. The molecule has 160 valence electrons. The number of hydrogen-bond donors (Lipinski definition) is 1. The van der Waals surface area contributed by atoms with Gasteiger partial charge in [0.25, 0.3) is 10.1 Å². The monoisotopic (exact) mass is 410 g/mol. The number of benzene rings is 1. The second-order valence-electron chi connectivity index (χ2n) is 7.44. The van der Waals surface area contributed by atoms with Crippen LogP contribution in [-0.4, -0.2) is 13.0 Å². The summed E-state index contributed by atoms with van der Waals surface area (Å²) < 4.78 is 37.3. The first-order valence-electron chi connectivity index (χ1n) is 10.9. The van der Waals surface area contributed by atoms with E-state index in [1.54, 1.807) is 12.1 Å². The van der Waals surface area contributed by atoms with E-state index in [2.05, 4.69) is 19.9 Å². The van der Waals surface area contributed by atoms with E-state index in [4.69, 9.17) is 9.29 Å². The molecular weight excluding hydrogens is 372 g/mol. The number of ether oxygens (including phenoxy) is 1. The van der Waals surface area contributed by atoms with Crippen molar-refractivity contribution in [1.82, 2.24) is 0 Å². The van der Waals surface area contributed by atoms with Gasteiger partial charge >= 0.3 is 0 Å². The van der Waals surface area contributed by atoms with Crippen LogP contribution in [0.25, 0.3) is 0 Å². The summed E-state index contributed by atoms with van der Waals surface area (Å²) in [4.78, 5) is -0.115. The minimum atomic E-state index is -4.17. The van der Waals surface area contributed by atoms with Crippen LogP contribution in [-0.2, 0) is 10.1 Å². The van der Waals surface area contributed by atoms with Crippen LogP contribution in [0.1, 0.15) is 97.3 Å². The summed E-state index contributed by atoms with van der Waals surface area (Å²) in [6.45, 7) is 4.42. The second kappa shape index (κ2) is 14.6. The first-order valence-corrected chi connectivity index (χ1v) is 12.4. The van der Waals surface area contributed by atoms with Gasteiger partial charge in [-0.15, -0.1) is 0 Å². The van der Waals surface area contributed by atoms with Crippen molar-refractivity contribution < 1.29 is 17.7 Å². The van der Waals surface area contributed by atoms with Gasteiger partial charge in [0, 0.05) is 6.42 Å². The lowest BCUT2D eigenvalue weighted by Gasteiger charge is -2.11. The summed E-state index contributed by atoms with van der Waals surface area (Å²) in [7, 11) is -4.17. The Morgan fingerprint density at radius 3 is 1.93 bits per heavy atom. The highest BCUT2D eigenvalue weighted by Crippen LogP contribution is 2.21. The first kappa shape index (κ1) is 24.7. The average molecular weight is 411 g/mol. The van der Waals surface area contributed by atoms with Crippen molar-refractivity contribution >= 4 is 10.1 Å². The highest BCUT2D eigenvalue weighted by Gasteiger charge is 2.09. The smallest absolute Gasteiger partial charge is 0.294 e. The van der Waals surface area contributed by atoms with Crippen LogP contribution in [0, 0.1) is 0 Å². The van der Waals surface area contributed by atoms with E-state index in [1.165, 1.54) is 63.5 Å². The summed E-state index contributed by atoms with van der Waals surface area (Å²) in [5.41, 5.74) is 0. The van der Waals surface area contributed by atoms with Crippen molar-refractivity contribution in [3.05, 3.63) is 36.1 Å². The molecule has 0 fully saturated rings. The Kier molecular flexibility index (Phi) is 12.9. The predicted molar refractivity (Wildman–Crippen MR) is 116 cm³/mol. The molecule has 0 atom stereocenters. The molecule has 0 radical (unpaired) electrons. The Bertz CT molecular complexity index is 648. The van der Waals surface area contributed by atoms with Crippen molar-refractivity contribution in [3.63, 3.8) is 0 Å². The Morgan fingerprint density at radius 1 is 0.857 bits per heavy atom. The fourth-order valence-corrected chi connectivity index (χ4v) is 3.58. The number of unbranched alkanes of at least 4 members (excludes halogenated alkanes) is 10. The first-order chi connectivity index (χ1) is 13.5. The normalized spacial score (nSPS) is 12.3. The molecule has 1 rings (SSSR count). The summed E-state index contributed by atoms with van der Waals surface area (Å²) in [5.74, 6) is 1.56. The molecule has 0 saturated carbocycles. The lowest BCUT2D eigenvalue weighted by atomic mass is 10.1. The standard InChI is InChI=1S/C23H38O4S/c1-3-5-7-8-9-10-11-12-14-16-21(15-13-6-4-2)27-22-17-19-23(20-18-22)28(24,25)26/h15,17-20H,3-14,16H2,1-2H3,(H,24,25,26). The van der Waals surface area contributed by atoms with Crippen LogP contribution in [0.4, 0.5) is 0 Å². The van der Waals surface area contributed by atoms with Gasteiger partial charge in [-0.05, 0) is 49.6 Å². The molecule has 0 aliphatic rings. The van der Waals surface area contributed by atoms with E-state index >= 15 is 0 Å². The zero-order valence-electron chi connectivity index (χ0n) is 17.7. The van der Waals surface area contributed by atoms with Gasteiger partial charge in [-0.3, -0.25) is 4.55 Å². The lowest BCUT2D eigenvalue weighted by molar-refractivity contribution is 0.391.